The Morgan fingerprint density at radius 2 is 1.64 bits per heavy atom. The van der Waals surface area contributed by atoms with Crippen molar-refractivity contribution in [2.45, 2.75) is 65.5 Å². The Morgan fingerprint density at radius 1 is 1.02 bits per heavy atom. The van der Waals surface area contributed by atoms with Crippen LogP contribution in [-0.4, -0.2) is 96.8 Å². The van der Waals surface area contributed by atoms with Crippen LogP contribution < -0.4 is 19.9 Å². The summed E-state index contributed by atoms with van der Waals surface area (Å²) in [7, 11) is 4.95. The van der Waals surface area contributed by atoms with Gasteiger partial charge in [-0.2, -0.15) is 4.98 Å². The molecule has 3 rings (SSSR count). The van der Waals surface area contributed by atoms with E-state index in [1.165, 1.54) is 9.80 Å². The SMILES string of the molecule is CCN(CC)c1ncc(N(C)C(=O)N(C)C)c(N[C@@H](Cc2ccc(OC(=O)N3CCCC3)cc2)C(=O)OC(C)(C)C)n1. The molecule has 1 aromatic heterocycles. The van der Waals surface area contributed by atoms with E-state index in [0.717, 1.165) is 18.4 Å². The maximum atomic E-state index is 13.5. The second kappa shape index (κ2) is 14.2. The third-order valence-electron chi connectivity index (χ3n) is 6.77. The summed E-state index contributed by atoms with van der Waals surface area (Å²) in [6.07, 6.45) is 3.45. The number of anilines is 3. The number of carbonyl (C=O) groups excluding carboxylic acids is 3. The number of likely N-dealkylation sites (tertiary alicyclic amines) is 1. The van der Waals surface area contributed by atoms with Gasteiger partial charge in [-0.3, -0.25) is 4.90 Å². The largest absolute Gasteiger partial charge is 0.458 e. The molecule has 0 unspecified atom stereocenters. The first kappa shape index (κ1) is 32.4. The van der Waals surface area contributed by atoms with Gasteiger partial charge >= 0.3 is 18.1 Å². The molecule has 0 bridgehead atoms. The zero-order valence-corrected chi connectivity index (χ0v) is 26.1. The maximum absolute atomic E-state index is 13.5. The molecule has 1 atom stereocenters. The number of rotatable bonds is 10. The highest BCUT2D eigenvalue weighted by Gasteiger charge is 2.29. The first-order chi connectivity index (χ1) is 19.8. The zero-order valence-electron chi connectivity index (χ0n) is 26.1. The van der Waals surface area contributed by atoms with E-state index in [4.69, 9.17) is 14.5 Å². The van der Waals surface area contributed by atoms with Crippen molar-refractivity contribution in [2.75, 3.05) is 62.4 Å². The fourth-order valence-electron chi connectivity index (χ4n) is 4.51. The molecule has 1 aliphatic rings. The van der Waals surface area contributed by atoms with E-state index in [1.54, 1.807) is 44.4 Å². The van der Waals surface area contributed by atoms with Gasteiger partial charge in [0.1, 0.15) is 23.1 Å². The number of nitrogens with zero attached hydrogens (tertiary/aromatic N) is 6. The van der Waals surface area contributed by atoms with E-state index in [9.17, 15) is 14.4 Å². The first-order valence-corrected chi connectivity index (χ1v) is 14.4. The number of aromatic nitrogens is 2. The third kappa shape index (κ3) is 8.70. The fraction of sp³-hybridized carbons (Fsp3) is 0.567. The Kier molecular flexibility index (Phi) is 11.0. The summed E-state index contributed by atoms with van der Waals surface area (Å²) in [4.78, 5) is 54.5. The van der Waals surface area contributed by atoms with Gasteiger partial charge in [0, 0.05) is 53.7 Å². The molecule has 2 heterocycles. The van der Waals surface area contributed by atoms with Crippen LogP contribution in [0.5, 0.6) is 5.75 Å². The number of ether oxygens (including phenoxy) is 2. The second-order valence-corrected chi connectivity index (χ2v) is 11.5. The number of urea groups is 1. The lowest BCUT2D eigenvalue weighted by atomic mass is 10.0. The standard InChI is InChI=1S/C30H45N7O5/c1-9-36(10-2)27-31-20-24(35(8)28(39)34(6)7)25(33-27)32-23(26(38)42-30(3,4)5)19-21-13-15-22(16-14-21)41-29(40)37-17-11-12-18-37/h13-16,20,23H,9-12,17-19H2,1-8H3,(H,31,32,33)/t23-/m0/s1. The van der Waals surface area contributed by atoms with E-state index < -0.39 is 17.6 Å². The van der Waals surface area contributed by atoms with Crippen molar-refractivity contribution in [3.63, 3.8) is 0 Å². The van der Waals surface area contributed by atoms with E-state index in [0.29, 0.717) is 49.4 Å². The van der Waals surface area contributed by atoms with Gasteiger partial charge in [-0.05, 0) is 65.2 Å². The Bertz CT molecular complexity index is 1220. The molecule has 12 heteroatoms. The summed E-state index contributed by atoms with van der Waals surface area (Å²) in [5.74, 6) is 0.770. The van der Waals surface area contributed by atoms with Crippen molar-refractivity contribution in [1.29, 1.82) is 0 Å². The van der Waals surface area contributed by atoms with Crippen LogP contribution in [0.3, 0.4) is 0 Å². The lowest BCUT2D eigenvalue weighted by Crippen LogP contribution is -2.40. The molecule has 12 nitrogen and oxygen atoms in total. The number of benzene rings is 1. The summed E-state index contributed by atoms with van der Waals surface area (Å²) in [6, 6.07) is 5.94. The monoisotopic (exact) mass is 583 g/mol. The normalized spacial score (nSPS) is 13.8. The van der Waals surface area contributed by atoms with Gasteiger partial charge in [-0.1, -0.05) is 12.1 Å². The van der Waals surface area contributed by atoms with E-state index in [1.807, 2.05) is 51.7 Å². The van der Waals surface area contributed by atoms with Gasteiger partial charge in [0.25, 0.3) is 0 Å². The highest BCUT2D eigenvalue weighted by molar-refractivity contribution is 5.94. The summed E-state index contributed by atoms with van der Waals surface area (Å²) in [5, 5.41) is 3.26. The van der Waals surface area contributed by atoms with Crippen LogP contribution in [0.4, 0.5) is 27.0 Å². The van der Waals surface area contributed by atoms with Crippen molar-refractivity contribution < 1.29 is 23.9 Å². The molecule has 1 saturated heterocycles. The molecule has 1 fully saturated rings. The smallest absolute Gasteiger partial charge is 0.415 e. The Hall–Kier alpha value is -4.09. The molecule has 0 saturated carbocycles. The molecule has 3 amide bonds. The van der Waals surface area contributed by atoms with Crippen molar-refractivity contribution in [3.05, 3.63) is 36.0 Å². The highest BCUT2D eigenvalue weighted by atomic mass is 16.6. The summed E-state index contributed by atoms with van der Waals surface area (Å²) in [6.45, 7) is 12.2. The summed E-state index contributed by atoms with van der Waals surface area (Å²) in [5.41, 5.74) is 0.516. The lowest BCUT2D eigenvalue weighted by Gasteiger charge is -2.28. The highest BCUT2D eigenvalue weighted by Crippen LogP contribution is 2.28. The second-order valence-electron chi connectivity index (χ2n) is 11.5. The molecule has 1 N–H and O–H groups in total. The van der Waals surface area contributed by atoms with Crippen LogP contribution in [0, 0.1) is 0 Å². The number of carbonyl (C=O) groups is 3. The Morgan fingerprint density at radius 3 is 2.19 bits per heavy atom. The van der Waals surface area contributed by atoms with Crippen LogP contribution in [0.25, 0.3) is 0 Å². The van der Waals surface area contributed by atoms with Gasteiger partial charge in [0.2, 0.25) is 5.95 Å². The molecule has 42 heavy (non-hydrogen) atoms. The third-order valence-corrected chi connectivity index (χ3v) is 6.77. The predicted molar refractivity (Wildman–Crippen MR) is 163 cm³/mol. The molecule has 2 aromatic rings. The van der Waals surface area contributed by atoms with E-state index in [2.05, 4.69) is 10.3 Å². The zero-order chi connectivity index (χ0) is 31.0. The minimum absolute atomic E-state index is 0.255. The molecule has 0 aliphatic carbocycles. The van der Waals surface area contributed by atoms with Gasteiger partial charge in [-0.15, -0.1) is 0 Å². The van der Waals surface area contributed by atoms with E-state index >= 15 is 0 Å². The predicted octanol–water partition coefficient (Wildman–Crippen LogP) is 4.40. The molecule has 1 aliphatic heterocycles. The maximum Gasteiger partial charge on any atom is 0.415 e. The minimum atomic E-state index is -0.844. The van der Waals surface area contributed by atoms with Gasteiger partial charge in [0.05, 0.1) is 6.20 Å². The van der Waals surface area contributed by atoms with Crippen LogP contribution in [0.1, 0.15) is 53.0 Å². The molecule has 0 radical (unpaired) electrons. The number of esters is 1. The van der Waals surface area contributed by atoms with Gasteiger partial charge in [-0.25, -0.2) is 19.4 Å². The van der Waals surface area contributed by atoms with Crippen molar-refractivity contribution in [2.24, 2.45) is 0 Å². The van der Waals surface area contributed by atoms with Crippen LogP contribution in [0.2, 0.25) is 0 Å². The topological polar surface area (TPSA) is 120 Å². The average molecular weight is 584 g/mol. The lowest BCUT2D eigenvalue weighted by molar-refractivity contribution is -0.155. The molecule has 230 valence electrons. The van der Waals surface area contributed by atoms with E-state index in [-0.39, 0.29) is 18.5 Å². The quantitative estimate of drug-likeness (QED) is 0.406. The van der Waals surface area contributed by atoms with Crippen molar-refractivity contribution >= 4 is 35.5 Å². The minimum Gasteiger partial charge on any atom is -0.458 e. The number of hydrogen-bond acceptors (Lipinski definition) is 9. The molecule has 0 spiro atoms. The summed E-state index contributed by atoms with van der Waals surface area (Å²) < 4.78 is 11.3. The van der Waals surface area contributed by atoms with Crippen molar-refractivity contribution in [1.82, 2.24) is 19.8 Å². The average Bonchev–Trinajstić information content (AvgIpc) is 3.48. The van der Waals surface area contributed by atoms with Gasteiger partial charge in [0.15, 0.2) is 5.82 Å². The molecule has 1 aromatic carbocycles. The van der Waals surface area contributed by atoms with Crippen LogP contribution >= 0.6 is 0 Å². The Balaban J connectivity index is 1.92. The molecular formula is C30H45N7O5. The summed E-state index contributed by atoms with van der Waals surface area (Å²) >= 11 is 0. The number of hydrogen-bond donors (Lipinski definition) is 1. The van der Waals surface area contributed by atoms with Gasteiger partial charge < -0.3 is 29.5 Å². The first-order valence-electron chi connectivity index (χ1n) is 14.4. The number of nitrogens with one attached hydrogen (secondary N) is 1. The molecular weight excluding hydrogens is 538 g/mol. The fourth-order valence-corrected chi connectivity index (χ4v) is 4.51. The van der Waals surface area contributed by atoms with Crippen LogP contribution in [-0.2, 0) is 16.0 Å². The van der Waals surface area contributed by atoms with Crippen molar-refractivity contribution in [3.8, 4) is 5.75 Å². The number of amides is 3. The van der Waals surface area contributed by atoms with Crippen LogP contribution in [0.15, 0.2) is 30.5 Å². The Labute approximate surface area is 249 Å².